The summed E-state index contributed by atoms with van der Waals surface area (Å²) in [6.07, 6.45) is 5.63. The maximum absolute atomic E-state index is 11.9. The van der Waals surface area contributed by atoms with Crippen molar-refractivity contribution in [1.82, 2.24) is 0 Å². The number of hydrogen-bond donors (Lipinski definition) is 0. The molecule has 1 saturated carbocycles. The Bertz CT molecular complexity index is 452. The minimum atomic E-state index is -0.0204. The van der Waals surface area contributed by atoms with Crippen LogP contribution in [0.1, 0.15) is 36.8 Å². The molecule has 0 N–H and O–H groups in total. The van der Waals surface area contributed by atoms with Crippen LogP contribution in [0.5, 0.6) is 0 Å². The fraction of sp³-hybridized carbons (Fsp3) is 0.533. The molecule has 2 heteroatoms. The molecule has 1 spiro atoms. The van der Waals surface area contributed by atoms with Crippen molar-refractivity contribution >= 4 is 5.97 Å². The second kappa shape index (κ2) is 3.86. The van der Waals surface area contributed by atoms with Crippen LogP contribution in [-0.2, 0) is 21.4 Å². The van der Waals surface area contributed by atoms with Crippen LogP contribution in [0.4, 0.5) is 0 Å². The van der Waals surface area contributed by atoms with Gasteiger partial charge in [-0.2, -0.15) is 0 Å². The van der Waals surface area contributed by atoms with Gasteiger partial charge in [0, 0.05) is 5.41 Å². The van der Waals surface area contributed by atoms with Crippen molar-refractivity contribution in [3.63, 3.8) is 0 Å². The number of benzene rings is 1. The van der Waals surface area contributed by atoms with Crippen molar-refractivity contribution in [3.05, 3.63) is 35.4 Å². The smallest absolute Gasteiger partial charge is 0.309 e. The number of rotatable bonds is 1. The van der Waals surface area contributed by atoms with E-state index in [4.69, 9.17) is 4.74 Å². The standard InChI is InChI=1S/C15H18O2/c1-17-14(16)13-8-10-15(13)9-4-6-11-5-2-3-7-12(11)15/h2-3,5,7,13H,4,6,8-10H2,1H3. The molecule has 0 radical (unpaired) electrons. The fourth-order valence-corrected chi connectivity index (χ4v) is 3.70. The van der Waals surface area contributed by atoms with Crippen LogP contribution in [-0.4, -0.2) is 13.1 Å². The van der Waals surface area contributed by atoms with Crippen molar-refractivity contribution < 1.29 is 9.53 Å². The summed E-state index contributed by atoms with van der Waals surface area (Å²) >= 11 is 0. The molecule has 0 aliphatic heterocycles. The van der Waals surface area contributed by atoms with Crippen molar-refractivity contribution in [3.8, 4) is 0 Å². The predicted octanol–water partition coefficient (Wildman–Crippen LogP) is 2.84. The Morgan fingerprint density at radius 2 is 2.18 bits per heavy atom. The van der Waals surface area contributed by atoms with Crippen LogP contribution in [0.25, 0.3) is 0 Å². The lowest BCUT2D eigenvalue weighted by atomic mass is 9.52. The number of esters is 1. The van der Waals surface area contributed by atoms with Crippen LogP contribution in [0.15, 0.2) is 24.3 Å². The fourth-order valence-electron chi connectivity index (χ4n) is 3.70. The van der Waals surface area contributed by atoms with Gasteiger partial charge in [0.1, 0.15) is 0 Å². The summed E-state index contributed by atoms with van der Waals surface area (Å²) in [6.45, 7) is 0. The molecule has 2 nitrogen and oxygen atoms in total. The van der Waals surface area contributed by atoms with E-state index in [0.717, 1.165) is 25.7 Å². The third-order valence-corrected chi connectivity index (χ3v) is 4.65. The van der Waals surface area contributed by atoms with Crippen molar-refractivity contribution in [2.24, 2.45) is 5.92 Å². The van der Waals surface area contributed by atoms with Crippen LogP contribution in [0.3, 0.4) is 0 Å². The lowest BCUT2D eigenvalue weighted by Crippen LogP contribution is -2.50. The zero-order valence-electron chi connectivity index (χ0n) is 10.2. The number of ether oxygens (including phenoxy) is 1. The summed E-state index contributed by atoms with van der Waals surface area (Å²) in [5.41, 5.74) is 2.95. The largest absolute Gasteiger partial charge is 0.469 e. The van der Waals surface area contributed by atoms with Gasteiger partial charge < -0.3 is 4.74 Å². The number of fused-ring (bicyclic) bond motifs is 2. The van der Waals surface area contributed by atoms with E-state index < -0.39 is 0 Å². The first-order valence-corrected chi connectivity index (χ1v) is 6.44. The molecule has 0 heterocycles. The minimum Gasteiger partial charge on any atom is -0.469 e. The van der Waals surface area contributed by atoms with Crippen LogP contribution >= 0.6 is 0 Å². The number of carbonyl (C=O) groups is 1. The average Bonchev–Trinajstić information content (AvgIpc) is 2.36. The Morgan fingerprint density at radius 3 is 2.88 bits per heavy atom. The molecule has 90 valence electrons. The van der Waals surface area contributed by atoms with Crippen molar-refractivity contribution in [2.75, 3.05) is 7.11 Å². The number of carbonyl (C=O) groups excluding carboxylic acids is 1. The van der Waals surface area contributed by atoms with Crippen molar-refractivity contribution in [1.29, 1.82) is 0 Å². The molecule has 0 saturated heterocycles. The van der Waals surface area contributed by atoms with E-state index in [1.807, 2.05) is 0 Å². The summed E-state index contributed by atoms with van der Waals surface area (Å²) in [4.78, 5) is 11.9. The van der Waals surface area contributed by atoms with Crippen LogP contribution < -0.4 is 0 Å². The molecule has 1 fully saturated rings. The molecule has 0 bridgehead atoms. The van der Waals surface area contributed by atoms with Crippen molar-refractivity contribution in [2.45, 2.75) is 37.5 Å². The quantitative estimate of drug-likeness (QED) is 0.693. The molecular weight excluding hydrogens is 212 g/mol. The van der Waals surface area contributed by atoms with E-state index in [9.17, 15) is 4.79 Å². The van der Waals surface area contributed by atoms with Crippen LogP contribution in [0, 0.1) is 5.92 Å². The normalized spacial score (nSPS) is 30.5. The first-order chi connectivity index (χ1) is 8.28. The third kappa shape index (κ3) is 1.43. The van der Waals surface area contributed by atoms with Crippen LogP contribution in [0.2, 0.25) is 0 Å². The second-order valence-corrected chi connectivity index (χ2v) is 5.28. The topological polar surface area (TPSA) is 26.3 Å². The van der Waals surface area contributed by atoms with Gasteiger partial charge >= 0.3 is 5.97 Å². The predicted molar refractivity (Wildman–Crippen MR) is 65.8 cm³/mol. The number of methoxy groups -OCH3 is 1. The van der Waals surface area contributed by atoms with Gasteiger partial charge in [0.05, 0.1) is 13.0 Å². The Hall–Kier alpha value is -1.31. The minimum absolute atomic E-state index is 0.0204. The summed E-state index contributed by atoms with van der Waals surface area (Å²) in [7, 11) is 1.50. The van der Waals surface area contributed by atoms with Gasteiger partial charge in [0.25, 0.3) is 0 Å². The lowest BCUT2D eigenvalue weighted by Gasteiger charge is -2.51. The van der Waals surface area contributed by atoms with Gasteiger partial charge in [-0.25, -0.2) is 0 Å². The zero-order chi connectivity index (χ0) is 11.9. The maximum atomic E-state index is 11.9. The highest BCUT2D eigenvalue weighted by molar-refractivity contribution is 5.76. The highest BCUT2D eigenvalue weighted by Crippen LogP contribution is 2.55. The Balaban J connectivity index is 2.02. The highest BCUT2D eigenvalue weighted by atomic mass is 16.5. The SMILES string of the molecule is COC(=O)C1CCC12CCCc1ccccc12. The van der Waals surface area contributed by atoms with E-state index in [-0.39, 0.29) is 17.3 Å². The summed E-state index contributed by atoms with van der Waals surface area (Å²) in [5.74, 6) is 0.0712. The summed E-state index contributed by atoms with van der Waals surface area (Å²) in [6, 6.07) is 8.62. The van der Waals surface area contributed by atoms with Gasteiger partial charge in [0.15, 0.2) is 0 Å². The Labute approximate surface area is 102 Å². The molecule has 3 rings (SSSR count). The molecule has 0 amide bonds. The van der Waals surface area contributed by atoms with E-state index >= 15 is 0 Å². The van der Waals surface area contributed by atoms with E-state index in [1.54, 1.807) is 0 Å². The number of hydrogen-bond acceptors (Lipinski definition) is 2. The molecule has 2 atom stereocenters. The molecule has 0 aromatic heterocycles. The third-order valence-electron chi connectivity index (χ3n) is 4.65. The molecule has 17 heavy (non-hydrogen) atoms. The molecule has 2 aliphatic carbocycles. The molecule has 2 unspecified atom stereocenters. The van der Waals surface area contributed by atoms with E-state index in [0.29, 0.717) is 0 Å². The highest BCUT2D eigenvalue weighted by Gasteiger charge is 2.53. The lowest BCUT2D eigenvalue weighted by molar-refractivity contribution is -0.153. The Kier molecular flexibility index (Phi) is 2.46. The monoisotopic (exact) mass is 230 g/mol. The molecule has 1 aromatic rings. The van der Waals surface area contributed by atoms with E-state index in [1.165, 1.54) is 24.7 Å². The van der Waals surface area contributed by atoms with Gasteiger partial charge in [-0.05, 0) is 43.2 Å². The Morgan fingerprint density at radius 1 is 1.35 bits per heavy atom. The average molecular weight is 230 g/mol. The first-order valence-electron chi connectivity index (χ1n) is 6.44. The van der Waals surface area contributed by atoms with E-state index in [2.05, 4.69) is 24.3 Å². The molecule has 1 aromatic carbocycles. The maximum Gasteiger partial charge on any atom is 0.309 e. The van der Waals surface area contributed by atoms with Gasteiger partial charge in [-0.3, -0.25) is 4.79 Å². The first kappa shape index (κ1) is 10.8. The molecular formula is C15H18O2. The second-order valence-electron chi connectivity index (χ2n) is 5.28. The zero-order valence-corrected chi connectivity index (χ0v) is 10.2. The van der Waals surface area contributed by atoms with Gasteiger partial charge in [-0.1, -0.05) is 24.3 Å². The number of aryl methyl sites for hydroxylation is 1. The summed E-state index contributed by atoms with van der Waals surface area (Å²) in [5, 5.41) is 0. The molecule has 2 aliphatic rings. The summed E-state index contributed by atoms with van der Waals surface area (Å²) < 4.78 is 4.96. The van der Waals surface area contributed by atoms with Gasteiger partial charge in [-0.15, -0.1) is 0 Å². The van der Waals surface area contributed by atoms with Gasteiger partial charge in [0.2, 0.25) is 0 Å².